The van der Waals surface area contributed by atoms with Crippen molar-refractivity contribution in [1.29, 1.82) is 0 Å². The monoisotopic (exact) mass is 421 g/mol. The van der Waals surface area contributed by atoms with E-state index >= 15 is 0 Å². The maximum atomic E-state index is 13.3. The van der Waals surface area contributed by atoms with Gasteiger partial charge in [-0.05, 0) is 54.1 Å². The Kier molecular flexibility index (Phi) is 5.34. The highest BCUT2D eigenvalue weighted by Gasteiger charge is 2.17. The molecule has 3 aromatic carbocycles. The first kappa shape index (κ1) is 19.2. The summed E-state index contributed by atoms with van der Waals surface area (Å²) in [5.41, 5.74) is 1.50. The van der Waals surface area contributed by atoms with Gasteiger partial charge in [-0.2, -0.15) is 0 Å². The molecule has 0 spiro atoms. The zero-order chi connectivity index (χ0) is 20.4. The first-order valence-corrected chi connectivity index (χ1v) is 10.0. The maximum Gasteiger partial charge on any atom is 0.256 e. The number of anilines is 1. The Morgan fingerprint density at radius 3 is 2.34 bits per heavy atom. The fraction of sp³-hybridized carbons (Fsp3) is 0.0435. The molecule has 0 saturated heterocycles. The lowest BCUT2D eigenvalue weighted by molar-refractivity contribution is 0.102. The van der Waals surface area contributed by atoms with Crippen molar-refractivity contribution < 1.29 is 9.53 Å². The Bertz CT molecular complexity index is 1250. The average molecular weight is 422 g/mol. The smallest absolute Gasteiger partial charge is 0.256 e. The molecule has 0 fully saturated rings. The standard InChI is InChI=1S/C23H16ClNO3S/c1-28-17-12-8-14(9-13-17)20-21(26)18-4-2-3-5-19(18)29-23(20)25-22(27)15-6-10-16(24)11-7-15/h2-13H,1H3,(H,25,27). The van der Waals surface area contributed by atoms with Crippen LogP contribution in [0.5, 0.6) is 5.75 Å². The summed E-state index contributed by atoms with van der Waals surface area (Å²) in [5.74, 6) is 0.389. The molecule has 1 N–H and O–H groups in total. The molecule has 1 aromatic heterocycles. The summed E-state index contributed by atoms with van der Waals surface area (Å²) in [4.78, 5) is 26.1. The summed E-state index contributed by atoms with van der Waals surface area (Å²) < 4.78 is 6.02. The second-order valence-electron chi connectivity index (χ2n) is 6.32. The summed E-state index contributed by atoms with van der Waals surface area (Å²) >= 11 is 7.28. The van der Waals surface area contributed by atoms with E-state index in [1.807, 2.05) is 30.3 Å². The summed E-state index contributed by atoms with van der Waals surface area (Å²) in [5, 5.41) is 4.58. The Hall–Kier alpha value is -3.15. The number of amides is 1. The number of benzene rings is 3. The number of ether oxygens (including phenoxy) is 1. The second-order valence-corrected chi connectivity index (χ2v) is 7.81. The van der Waals surface area contributed by atoms with Crippen LogP contribution in [-0.4, -0.2) is 13.0 Å². The lowest BCUT2D eigenvalue weighted by Crippen LogP contribution is -2.15. The van der Waals surface area contributed by atoms with Crippen LogP contribution in [0.2, 0.25) is 5.02 Å². The lowest BCUT2D eigenvalue weighted by Gasteiger charge is -2.12. The van der Waals surface area contributed by atoms with Gasteiger partial charge in [0.2, 0.25) is 0 Å². The fourth-order valence-corrected chi connectivity index (χ4v) is 4.25. The van der Waals surface area contributed by atoms with Gasteiger partial charge in [-0.1, -0.05) is 35.9 Å². The Morgan fingerprint density at radius 1 is 0.966 bits per heavy atom. The predicted octanol–water partition coefficient (Wildman–Crippen LogP) is 5.84. The number of hydrogen-bond donors (Lipinski definition) is 1. The number of carbonyl (C=O) groups is 1. The lowest BCUT2D eigenvalue weighted by atomic mass is 10.1. The summed E-state index contributed by atoms with van der Waals surface area (Å²) in [6.07, 6.45) is 0. The molecule has 29 heavy (non-hydrogen) atoms. The SMILES string of the molecule is COc1ccc(-c2c(NC(=O)c3ccc(Cl)cc3)sc3ccccc3c2=O)cc1. The molecule has 144 valence electrons. The van der Waals surface area contributed by atoms with Crippen LogP contribution in [-0.2, 0) is 0 Å². The van der Waals surface area contributed by atoms with Gasteiger partial charge in [0.25, 0.3) is 5.91 Å². The van der Waals surface area contributed by atoms with Crippen LogP contribution in [0.3, 0.4) is 0 Å². The summed E-state index contributed by atoms with van der Waals surface area (Å²) in [7, 11) is 1.59. The topological polar surface area (TPSA) is 55.4 Å². The van der Waals surface area contributed by atoms with E-state index in [0.29, 0.717) is 37.8 Å². The van der Waals surface area contributed by atoms with Crippen molar-refractivity contribution in [3.05, 3.63) is 93.6 Å². The number of methoxy groups -OCH3 is 1. The van der Waals surface area contributed by atoms with Gasteiger partial charge in [-0.15, -0.1) is 11.3 Å². The predicted molar refractivity (Wildman–Crippen MR) is 119 cm³/mol. The minimum Gasteiger partial charge on any atom is -0.497 e. The van der Waals surface area contributed by atoms with Crippen molar-refractivity contribution >= 4 is 43.9 Å². The number of rotatable bonds is 4. The third-order valence-corrected chi connectivity index (χ3v) is 5.85. The third-order valence-electron chi connectivity index (χ3n) is 4.51. The maximum absolute atomic E-state index is 13.3. The van der Waals surface area contributed by atoms with E-state index in [0.717, 1.165) is 4.70 Å². The number of fused-ring (bicyclic) bond motifs is 1. The molecule has 4 aromatic rings. The Labute approximate surface area is 176 Å². The highest BCUT2D eigenvalue weighted by atomic mass is 35.5. The van der Waals surface area contributed by atoms with E-state index in [4.69, 9.17) is 16.3 Å². The largest absolute Gasteiger partial charge is 0.497 e. The quantitative estimate of drug-likeness (QED) is 0.450. The molecule has 4 nitrogen and oxygen atoms in total. The summed E-state index contributed by atoms with van der Waals surface area (Å²) in [6.45, 7) is 0. The van der Waals surface area contributed by atoms with Crippen molar-refractivity contribution in [3.8, 4) is 16.9 Å². The van der Waals surface area contributed by atoms with Gasteiger partial charge >= 0.3 is 0 Å². The molecule has 0 aliphatic heterocycles. The Morgan fingerprint density at radius 2 is 1.66 bits per heavy atom. The fourth-order valence-electron chi connectivity index (χ4n) is 3.03. The van der Waals surface area contributed by atoms with Crippen LogP contribution in [0, 0.1) is 0 Å². The average Bonchev–Trinajstić information content (AvgIpc) is 2.74. The molecule has 6 heteroatoms. The van der Waals surface area contributed by atoms with Gasteiger partial charge in [0.05, 0.1) is 12.7 Å². The van der Waals surface area contributed by atoms with Crippen LogP contribution in [0.15, 0.2) is 77.6 Å². The van der Waals surface area contributed by atoms with E-state index in [-0.39, 0.29) is 11.3 Å². The first-order chi connectivity index (χ1) is 14.1. The third kappa shape index (κ3) is 3.88. The molecule has 0 unspecified atom stereocenters. The van der Waals surface area contributed by atoms with E-state index in [2.05, 4.69) is 5.32 Å². The van der Waals surface area contributed by atoms with Crippen molar-refractivity contribution in [3.63, 3.8) is 0 Å². The minimum atomic E-state index is -0.303. The van der Waals surface area contributed by atoms with Crippen LogP contribution in [0.1, 0.15) is 10.4 Å². The Balaban J connectivity index is 1.85. The molecule has 1 amide bonds. The first-order valence-electron chi connectivity index (χ1n) is 8.84. The van der Waals surface area contributed by atoms with E-state index in [1.165, 1.54) is 11.3 Å². The van der Waals surface area contributed by atoms with Crippen LogP contribution >= 0.6 is 22.9 Å². The van der Waals surface area contributed by atoms with Crippen LogP contribution in [0.25, 0.3) is 21.2 Å². The highest BCUT2D eigenvalue weighted by Crippen LogP contribution is 2.34. The van der Waals surface area contributed by atoms with Crippen molar-refractivity contribution in [1.82, 2.24) is 0 Å². The molecule has 0 aliphatic carbocycles. The van der Waals surface area contributed by atoms with E-state index < -0.39 is 0 Å². The highest BCUT2D eigenvalue weighted by molar-refractivity contribution is 7.22. The van der Waals surface area contributed by atoms with Gasteiger partial charge in [0.1, 0.15) is 10.8 Å². The van der Waals surface area contributed by atoms with E-state index in [1.54, 1.807) is 49.6 Å². The normalized spacial score (nSPS) is 10.7. The van der Waals surface area contributed by atoms with Crippen molar-refractivity contribution in [2.24, 2.45) is 0 Å². The van der Waals surface area contributed by atoms with Crippen molar-refractivity contribution in [2.75, 3.05) is 12.4 Å². The number of hydrogen-bond acceptors (Lipinski definition) is 4. The molecular weight excluding hydrogens is 406 g/mol. The molecule has 4 rings (SSSR count). The van der Waals surface area contributed by atoms with Gasteiger partial charge in [0, 0.05) is 20.7 Å². The number of carbonyl (C=O) groups excluding carboxylic acids is 1. The van der Waals surface area contributed by atoms with E-state index in [9.17, 15) is 9.59 Å². The van der Waals surface area contributed by atoms with Gasteiger partial charge in [-0.3, -0.25) is 9.59 Å². The molecule has 1 heterocycles. The molecule has 0 atom stereocenters. The van der Waals surface area contributed by atoms with Gasteiger partial charge in [-0.25, -0.2) is 0 Å². The summed E-state index contributed by atoms with van der Waals surface area (Å²) in [6, 6.07) is 21.2. The zero-order valence-electron chi connectivity index (χ0n) is 15.4. The second kappa shape index (κ2) is 8.07. The number of halogens is 1. The zero-order valence-corrected chi connectivity index (χ0v) is 17.0. The molecule has 0 bridgehead atoms. The minimum absolute atomic E-state index is 0.129. The van der Waals surface area contributed by atoms with Crippen molar-refractivity contribution in [2.45, 2.75) is 0 Å². The van der Waals surface area contributed by atoms with Crippen LogP contribution in [0.4, 0.5) is 5.00 Å². The molecule has 0 aliphatic rings. The molecular formula is C23H16ClNO3S. The molecule has 0 saturated carbocycles. The van der Waals surface area contributed by atoms with Gasteiger partial charge in [0.15, 0.2) is 5.43 Å². The van der Waals surface area contributed by atoms with Gasteiger partial charge < -0.3 is 10.1 Å². The number of nitrogens with one attached hydrogen (secondary N) is 1. The van der Waals surface area contributed by atoms with Crippen LogP contribution < -0.4 is 15.5 Å². The molecule has 0 radical (unpaired) electrons.